The van der Waals surface area contributed by atoms with Crippen molar-refractivity contribution in [2.24, 2.45) is 0 Å². The molecule has 0 unspecified atom stereocenters. The van der Waals surface area contributed by atoms with Crippen molar-refractivity contribution in [1.82, 2.24) is 19.9 Å². The lowest BCUT2D eigenvalue weighted by molar-refractivity contribution is -0.135. The molecular formula is C34H43ClN4O5. The second kappa shape index (κ2) is 15.7. The minimum Gasteiger partial charge on any atom is -0.493 e. The van der Waals surface area contributed by atoms with Gasteiger partial charge in [0, 0.05) is 57.2 Å². The van der Waals surface area contributed by atoms with Crippen LogP contribution in [0, 0.1) is 13.8 Å². The van der Waals surface area contributed by atoms with Gasteiger partial charge in [0.1, 0.15) is 17.6 Å². The van der Waals surface area contributed by atoms with Crippen molar-refractivity contribution in [2.45, 2.75) is 64.8 Å². The molecule has 2 heterocycles. The number of aromatic nitrogens is 1. The van der Waals surface area contributed by atoms with Gasteiger partial charge in [-0.15, -0.1) is 0 Å². The Morgan fingerprint density at radius 3 is 2.39 bits per heavy atom. The van der Waals surface area contributed by atoms with E-state index < -0.39 is 6.04 Å². The molecule has 1 aliphatic heterocycles. The number of ether oxygens (including phenoxy) is 1. The van der Waals surface area contributed by atoms with Gasteiger partial charge in [0.05, 0.1) is 17.9 Å². The molecule has 0 aliphatic carbocycles. The number of rotatable bonds is 5. The monoisotopic (exact) mass is 622 g/mol. The molecule has 10 heteroatoms. The van der Waals surface area contributed by atoms with Crippen LogP contribution in [0.4, 0.5) is 0 Å². The van der Waals surface area contributed by atoms with Gasteiger partial charge in [-0.25, -0.2) is 0 Å². The van der Waals surface area contributed by atoms with Crippen molar-refractivity contribution >= 4 is 29.3 Å². The molecule has 3 amide bonds. The molecule has 1 atom stereocenters. The van der Waals surface area contributed by atoms with Crippen LogP contribution >= 0.6 is 11.6 Å². The summed E-state index contributed by atoms with van der Waals surface area (Å²) >= 11 is 6.31. The number of aryl methyl sites for hydroxylation is 2. The summed E-state index contributed by atoms with van der Waals surface area (Å²) < 4.78 is 11.4. The smallest absolute Gasteiger partial charge is 0.258 e. The number of carbonyl (C=O) groups is 3. The van der Waals surface area contributed by atoms with Crippen LogP contribution in [0.3, 0.4) is 0 Å². The van der Waals surface area contributed by atoms with Crippen LogP contribution in [0.15, 0.2) is 53.1 Å². The Morgan fingerprint density at radius 1 is 0.977 bits per heavy atom. The summed E-state index contributed by atoms with van der Waals surface area (Å²) in [4.78, 5) is 46.1. The summed E-state index contributed by atoms with van der Waals surface area (Å²) in [5, 5.41) is 4.42. The van der Waals surface area contributed by atoms with E-state index in [1.807, 2.05) is 49.1 Å². The fourth-order valence-electron chi connectivity index (χ4n) is 5.57. The molecular weight excluding hydrogens is 580 g/mol. The zero-order chi connectivity index (χ0) is 31.6. The van der Waals surface area contributed by atoms with Gasteiger partial charge in [-0.1, -0.05) is 47.1 Å². The summed E-state index contributed by atoms with van der Waals surface area (Å²) in [6.45, 7) is 5.86. The first kappa shape index (κ1) is 33.1. The number of benzene rings is 2. The highest BCUT2D eigenvalue weighted by molar-refractivity contribution is 6.31. The van der Waals surface area contributed by atoms with Crippen molar-refractivity contribution in [3.05, 3.63) is 81.7 Å². The lowest BCUT2D eigenvalue weighted by Gasteiger charge is -2.31. The molecule has 0 saturated carbocycles. The molecule has 9 nitrogen and oxygen atoms in total. The Labute approximate surface area is 265 Å². The molecule has 1 aliphatic rings. The third kappa shape index (κ3) is 8.62. The van der Waals surface area contributed by atoms with Crippen molar-refractivity contribution in [3.8, 4) is 5.75 Å². The molecule has 0 radical (unpaired) electrons. The quantitative estimate of drug-likeness (QED) is 0.373. The Morgan fingerprint density at radius 2 is 1.68 bits per heavy atom. The lowest BCUT2D eigenvalue weighted by Crippen LogP contribution is -2.49. The maximum Gasteiger partial charge on any atom is 0.258 e. The van der Waals surface area contributed by atoms with Gasteiger partial charge >= 0.3 is 0 Å². The van der Waals surface area contributed by atoms with E-state index >= 15 is 0 Å². The molecule has 3 aromatic rings. The van der Waals surface area contributed by atoms with E-state index in [0.29, 0.717) is 68.3 Å². The molecule has 0 fully saturated rings. The predicted octanol–water partition coefficient (Wildman–Crippen LogP) is 5.50. The number of halogens is 1. The third-order valence-corrected chi connectivity index (χ3v) is 8.50. The van der Waals surface area contributed by atoms with Crippen LogP contribution in [-0.2, 0) is 22.4 Å². The average Bonchev–Trinajstić information content (AvgIpc) is 3.35. The molecule has 236 valence electrons. The third-order valence-electron chi connectivity index (χ3n) is 8.27. The van der Waals surface area contributed by atoms with E-state index in [9.17, 15) is 14.4 Å². The first-order valence-electron chi connectivity index (χ1n) is 15.3. The van der Waals surface area contributed by atoms with Crippen molar-refractivity contribution in [3.63, 3.8) is 0 Å². The largest absolute Gasteiger partial charge is 0.493 e. The van der Waals surface area contributed by atoms with Crippen molar-refractivity contribution in [1.29, 1.82) is 0 Å². The van der Waals surface area contributed by atoms with Gasteiger partial charge in [-0.3, -0.25) is 14.4 Å². The van der Waals surface area contributed by atoms with Gasteiger partial charge in [-0.2, -0.15) is 0 Å². The fourth-order valence-corrected chi connectivity index (χ4v) is 5.74. The maximum absolute atomic E-state index is 13.9. The highest BCUT2D eigenvalue weighted by atomic mass is 35.5. The molecule has 1 aromatic heterocycles. The number of hydrogen-bond donors (Lipinski definition) is 0. The molecule has 0 N–H and O–H groups in total. The van der Waals surface area contributed by atoms with E-state index in [-0.39, 0.29) is 17.7 Å². The maximum atomic E-state index is 13.9. The summed E-state index contributed by atoms with van der Waals surface area (Å²) in [6.07, 6.45) is 4.28. The van der Waals surface area contributed by atoms with Crippen LogP contribution in [-0.4, -0.2) is 84.0 Å². The predicted molar refractivity (Wildman–Crippen MR) is 170 cm³/mol. The Kier molecular flexibility index (Phi) is 11.8. The fraction of sp³-hybridized carbons (Fsp3) is 0.471. The zero-order valence-corrected chi connectivity index (χ0v) is 26.9. The lowest BCUT2D eigenvalue weighted by atomic mass is 10.0. The number of nitrogens with zero attached hydrogens (tertiary/aromatic N) is 4. The average molecular weight is 623 g/mol. The van der Waals surface area contributed by atoms with Gasteiger partial charge in [-0.05, 0) is 69.7 Å². The van der Waals surface area contributed by atoms with Crippen LogP contribution in [0.5, 0.6) is 5.75 Å². The summed E-state index contributed by atoms with van der Waals surface area (Å²) in [5.41, 5.74) is 3.08. The van der Waals surface area contributed by atoms with Gasteiger partial charge in [0.2, 0.25) is 11.8 Å². The van der Waals surface area contributed by atoms with E-state index in [1.165, 1.54) is 4.90 Å². The van der Waals surface area contributed by atoms with Gasteiger partial charge in [0.15, 0.2) is 0 Å². The highest BCUT2D eigenvalue weighted by Gasteiger charge is 2.31. The first-order valence-corrected chi connectivity index (χ1v) is 15.7. The number of amides is 3. The number of fused-ring (bicyclic) bond motifs is 1. The standard InChI is InChI=1S/C34H43ClN4O5/c1-24-28(25(2)44-36-24)15-17-32(40)39-19-9-8-18-37(3)34(42)30(22-26-12-6-5-7-13-26)38(4)33(41)29-23-27(35)14-16-31(29)43-21-11-10-20-39/h5-7,12-14,16,23,30H,8-11,15,17-22H2,1-4H3/t30-/m0/s1. The Hall–Kier alpha value is -3.85. The van der Waals surface area contributed by atoms with Gasteiger partial charge in [0.25, 0.3) is 5.91 Å². The Bertz CT molecular complexity index is 1410. The summed E-state index contributed by atoms with van der Waals surface area (Å²) in [5.74, 6) is 0.779. The minimum atomic E-state index is -0.722. The number of likely N-dealkylation sites (N-methyl/N-ethyl adjacent to an activating group) is 2. The SMILES string of the molecule is Cc1noc(C)c1CCC(=O)N1CCCCOc2ccc(Cl)cc2C(=O)N(C)[C@@H](Cc2ccccc2)C(=O)N(C)CCCC1. The zero-order valence-electron chi connectivity index (χ0n) is 26.2. The van der Waals surface area contributed by atoms with Crippen LogP contribution in [0.1, 0.15) is 65.0 Å². The Balaban J connectivity index is 1.54. The van der Waals surface area contributed by atoms with E-state index in [2.05, 4.69) is 5.16 Å². The normalized spacial score (nSPS) is 17.7. The van der Waals surface area contributed by atoms with E-state index in [4.69, 9.17) is 20.9 Å². The second-order valence-electron chi connectivity index (χ2n) is 11.5. The molecule has 0 saturated heterocycles. The topological polar surface area (TPSA) is 96.2 Å². The molecule has 2 aromatic carbocycles. The first-order chi connectivity index (χ1) is 21.2. The van der Waals surface area contributed by atoms with Crippen LogP contribution in [0.25, 0.3) is 0 Å². The molecule has 0 bridgehead atoms. The minimum absolute atomic E-state index is 0.0865. The van der Waals surface area contributed by atoms with Crippen molar-refractivity contribution in [2.75, 3.05) is 40.3 Å². The molecule has 44 heavy (non-hydrogen) atoms. The van der Waals surface area contributed by atoms with E-state index in [1.54, 1.807) is 37.2 Å². The summed E-state index contributed by atoms with van der Waals surface area (Å²) in [6, 6.07) is 13.9. The number of carbonyl (C=O) groups excluding carboxylic acids is 3. The van der Waals surface area contributed by atoms with Gasteiger partial charge < -0.3 is 24.0 Å². The number of hydrogen-bond acceptors (Lipinski definition) is 6. The van der Waals surface area contributed by atoms with Crippen LogP contribution < -0.4 is 4.74 Å². The molecule has 0 spiro atoms. The highest BCUT2D eigenvalue weighted by Crippen LogP contribution is 2.26. The summed E-state index contributed by atoms with van der Waals surface area (Å²) in [7, 11) is 3.43. The van der Waals surface area contributed by atoms with Crippen molar-refractivity contribution < 1.29 is 23.6 Å². The molecule has 4 rings (SSSR count). The second-order valence-corrected chi connectivity index (χ2v) is 11.9. The van der Waals surface area contributed by atoms with E-state index in [0.717, 1.165) is 41.8 Å². The van der Waals surface area contributed by atoms with Crippen LogP contribution in [0.2, 0.25) is 5.02 Å².